The predicted molar refractivity (Wildman–Crippen MR) is 89.9 cm³/mol. The van der Waals surface area contributed by atoms with E-state index in [2.05, 4.69) is 64.1 Å². The molecule has 2 aromatic rings. The summed E-state index contributed by atoms with van der Waals surface area (Å²) in [5.41, 5.74) is 2.55. The van der Waals surface area contributed by atoms with Crippen LogP contribution in [0, 0.1) is 18.8 Å². The first-order chi connectivity index (χ1) is 10.0. The molecule has 0 aromatic heterocycles. The summed E-state index contributed by atoms with van der Waals surface area (Å²) < 4.78 is 6.00. The lowest BCUT2D eigenvalue weighted by atomic mass is 9.81. The molecule has 5 atom stereocenters. The van der Waals surface area contributed by atoms with E-state index in [4.69, 9.17) is 16.3 Å². The van der Waals surface area contributed by atoms with E-state index in [9.17, 15) is 0 Å². The normalized spacial score (nSPS) is 30.7. The van der Waals surface area contributed by atoms with Gasteiger partial charge in [0.25, 0.3) is 0 Å². The van der Waals surface area contributed by atoms with Crippen LogP contribution in [-0.2, 0) is 4.74 Å². The maximum absolute atomic E-state index is 6.97. The highest BCUT2D eigenvalue weighted by atomic mass is 35.5. The highest BCUT2D eigenvalue weighted by Gasteiger charge is 2.42. The van der Waals surface area contributed by atoms with Gasteiger partial charge in [-0.15, -0.1) is 11.6 Å². The summed E-state index contributed by atoms with van der Waals surface area (Å²) in [5.74, 6) is 0.826. The molecule has 0 spiro atoms. The van der Waals surface area contributed by atoms with Gasteiger partial charge < -0.3 is 4.74 Å². The molecule has 21 heavy (non-hydrogen) atoms. The Morgan fingerprint density at radius 2 is 1.71 bits per heavy atom. The molecule has 3 rings (SSSR count). The number of aryl methyl sites for hydroxylation is 1. The fourth-order valence-corrected chi connectivity index (χ4v) is 4.49. The van der Waals surface area contributed by atoms with E-state index >= 15 is 0 Å². The van der Waals surface area contributed by atoms with E-state index in [1.165, 1.54) is 21.9 Å². The first-order valence-corrected chi connectivity index (χ1v) is 8.22. The molecule has 1 nitrogen and oxygen atoms in total. The van der Waals surface area contributed by atoms with Gasteiger partial charge in [-0.25, -0.2) is 0 Å². The van der Waals surface area contributed by atoms with Crippen LogP contribution in [0.1, 0.15) is 37.3 Å². The molecule has 1 heterocycles. The average Bonchev–Trinajstić information content (AvgIpc) is 2.71. The molecule has 0 N–H and O–H groups in total. The zero-order valence-corrected chi connectivity index (χ0v) is 13.9. The van der Waals surface area contributed by atoms with Crippen LogP contribution in [0.2, 0.25) is 0 Å². The number of hydrogen-bond acceptors (Lipinski definition) is 1. The number of halogens is 1. The first kappa shape index (κ1) is 14.9. The van der Waals surface area contributed by atoms with Gasteiger partial charge in [-0.3, -0.25) is 0 Å². The Bertz CT molecular complexity index is 651. The maximum Gasteiger partial charge on any atom is 0.0650 e. The SMILES string of the molecule is Cc1ccc2ccccc2c1C(Cl)C1C(C)OC(C)C1C. The Hall–Kier alpha value is -1.05. The molecule has 1 saturated heterocycles. The number of fused-ring (bicyclic) bond motifs is 1. The van der Waals surface area contributed by atoms with Crippen LogP contribution in [0.4, 0.5) is 0 Å². The highest BCUT2D eigenvalue weighted by Crippen LogP contribution is 2.46. The second kappa shape index (κ2) is 5.62. The van der Waals surface area contributed by atoms with Gasteiger partial charge in [-0.1, -0.05) is 43.3 Å². The van der Waals surface area contributed by atoms with Gasteiger partial charge in [0.05, 0.1) is 17.6 Å². The van der Waals surface area contributed by atoms with Crippen molar-refractivity contribution in [1.82, 2.24) is 0 Å². The van der Waals surface area contributed by atoms with Gasteiger partial charge in [0.15, 0.2) is 0 Å². The van der Waals surface area contributed by atoms with Crippen LogP contribution in [0.15, 0.2) is 36.4 Å². The van der Waals surface area contributed by atoms with Crippen molar-refractivity contribution in [2.75, 3.05) is 0 Å². The summed E-state index contributed by atoms with van der Waals surface area (Å²) >= 11 is 6.97. The van der Waals surface area contributed by atoms with Gasteiger partial charge >= 0.3 is 0 Å². The fraction of sp³-hybridized carbons (Fsp3) is 0.474. The Kier molecular flexibility index (Phi) is 3.98. The van der Waals surface area contributed by atoms with E-state index < -0.39 is 0 Å². The molecule has 0 amide bonds. The summed E-state index contributed by atoms with van der Waals surface area (Å²) in [7, 11) is 0. The smallest absolute Gasteiger partial charge is 0.0650 e. The lowest BCUT2D eigenvalue weighted by Crippen LogP contribution is -2.22. The lowest BCUT2D eigenvalue weighted by molar-refractivity contribution is 0.0508. The second-order valence-corrected chi connectivity index (χ2v) is 6.87. The number of rotatable bonds is 2. The second-order valence-electron chi connectivity index (χ2n) is 6.40. The Balaban J connectivity index is 2.09. The fourth-order valence-electron chi connectivity index (χ4n) is 3.76. The molecule has 112 valence electrons. The van der Waals surface area contributed by atoms with Gasteiger partial charge in [0.2, 0.25) is 0 Å². The van der Waals surface area contributed by atoms with E-state index in [-0.39, 0.29) is 17.6 Å². The van der Waals surface area contributed by atoms with Gasteiger partial charge in [0, 0.05) is 5.92 Å². The van der Waals surface area contributed by atoms with Crippen molar-refractivity contribution >= 4 is 22.4 Å². The monoisotopic (exact) mass is 302 g/mol. The summed E-state index contributed by atoms with van der Waals surface area (Å²) in [6, 6.07) is 12.9. The first-order valence-electron chi connectivity index (χ1n) is 7.78. The lowest BCUT2D eigenvalue weighted by Gasteiger charge is -2.26. The van der Waals surface area contributed by atoms with Crippen LogP contribution in [0.25, 0.3) is 10.8 Å². The third-order valence-corrected chi connectivity index (χ3v) is 5.63. The summed E-state index contributed by atoms with van der Waals surface area (Å²) in [6.45, 7) is 8.72. The number of hydrogen-bond donors (Lipinski definition) is 0. The van der Waals surface area contributed by atoms with Crippen LogP contribution >= 0.6 is 11.6 Å². The topological polar surface area (TPSA) is 9.23 Å². The molecule has 5 unspecified atom stereocenters. The summed E-state index contributed by atoms with van der Waals surface area (Å²) in [6.07, 6.45) is 0.484. The van der Waals surface area contributed by atoms with Crippen molar-refractivity contribution in [2.45, 2.75) is 45.3 Å². The van der Waals surface area contributed by atoms with Crippen molar-refractivity contribution in [1.29, 1.82) is 0 Å². The standard InChI is InChI=1S/C19H23ClO/c1-11-9-10-15-7-5-6-8-16(15)17(11)19(20)18-12(2)13(3)21-14(18)4/h5-10,12-14,18-19H,1-4H3. The van der Waals surface area contributed by atoms with Crippen molar-refractivity contribution in [2.24, 2.45) is 11.8 Å². The molecule has 0 radical (unpaired) electrons. The van der Waals surface area contributed by atoms with E-state index in [0.29, 0.717) is 11.8 Å². The maximum atomic E-state index is 6.97. The average molecular weight is 303 g/mol. The molecule has 2 heteroatoms. The van der Waals surface area contributed by atoms with E-state index in [1.807, 2.05) is 0 Å². The van der Waals surface area contributed by atoms with Crippen molar-refractivity contribution in [3.63, 3.8) is 0 Å². The van der Waals surface area contributed by atoms with Crippen molar-refractivity contribution in [3.8, 4) is 0 Å². The molecule has 1 aliphatic heterocycles. The third-order valence-electron chi connectivity index (χ3n) is 5.12. The molecule has 0 saturated carbocycles. The number of alkyl halides is 1. The molecule has 2 aromatic carbocycles. The van der Waals surface area contributed by atoms with E-state index in [1.54, 1.807) is 0 Å². The minimum absolute atomic E-state index is 0.00829. The van der Waals surface area contributed by atoms with Crippen molar-refractivity contribution < 1.29 is 4.74 Å². The molecule has 0 aliphatic carbocycles. The summed E-state index contributed by atoms with van der Waals surface area (Å²) in [5, 5.41) is 2.53. The Morgan fingerprint density at radius 1 is 1.00 bits per heavy atom. The molecule has 1 fully saturated rings. The number of ether oxygens (including phenoxy) is 1. The predicted octanol–water partition coefficient (Wildman–Crippen LogP) is 5.49. The Morgan fingerprint density at radius 3 is 2.38 bits per heavy atom. The van der Waals surface area contributed by atoms with Gasteiger partial charge in [0.1, 0.15) is 0 Å². The van der Waals surface area contributed by atoms with Crippen LogP contribution in [0.5, 0.6) is 0 Å². The van der Waals surface area contributed by atoms with Crippen LogP contribution < -0.4 is 0 Å². The zero-order chi connectivity index (χ0) is 15.1. The molecular formula is C19H23ClO. The molecular weight excluding hydrogens is 280 g/mol. The summed E-state index contributed by atoms with van der Waals surface area (Å²) in [4.78, 5) is 0. The third kappa shape index (κ3) is 2.47. The molecule has 0 bridgehead atoms. The van der Waals surface area contributed by atoms with Crippen LogP contribution in [0.3, 0.4) is 0 Å². The largest absolute Gasteiger partial charge is 0.375 e. The minimum Gasteiger partial charge on any atom is -0.375 e. The van der Waals surface area contributed by atoms with Gasteiger partial charge in [-0.2, -0.15) is 0 Å². The van der Waals surface area contributed by atoms with Crippen LogP contribution in [-0.4, -0.2) is 12.2 Å². The molecule has 1 aliphatic rings. The van der Waals surface area contributed by atoms with Gasteiger partial charge in [-0.05, 0) is 48.6 Å². The number of benzene rings is 2. The van der Waals surface area contributed by atoms with Crippen molar-refractivity contribution in [3.05, 3.63) is 47.5 Å². The highest BCUT2D eigenvalue weighted by molar-refractivity contribution is 6.22. The van der Waals surface area contributed by atoms with E-state index in [0.717, 1.165) is 0 Å². The zero-order valence-electron chi connectivity index (χ0n) is 13.1. The quantitative estimate of drug-likeness (QED) is 0.667. The minimum atomic E-state index is -0.00829. The Labute approximate surface area is 132 Å².